The molecule has 12 heteroatoms. The Morgan fingerprint density at radius 3 is 1.62 bits per heavy atom. The zero-order chi connectivity index (χ0) is 33.5. The maximum atomic E-state index is 11.2. The van der Waals surface area contributed by atoms with E-state index in [0.29, 0.717) is 22.8 Å². The van der Waals surface area contributed by atoms with E-state index in [-0.39, 0.29) is 5.56 Å². The first-order valence-corrected chi connectivity index (χ1v) is 15.7. The first-order chi connectivity index (χ1) is 22.5. The minimum absolute atomic E-state index is 0.176. The fraction of sp³-hybridized carbons (Fsp3) is 0.0571. The number of hydrogen-bond donors (Lipinski definition) is 5. The Hall–Kier alpha value is -5.37. The zero-order valence-electron chi connectivity index (χ0n) is 27.2. The summed E-state index contributed by atoms with van der Waals surface area (Å²) >= 11 is 0. The second-order valence-electron chi connectivity index (χ2n) is 12.3. The molecule has 226 valence electrons. The Morgan fingerprint density at radius 2 is 1.02 bits per heavy atom. The third kappa shape index (κ3) is 4.24. The molecular weight excluding hydrogens is 582 g/mol. The lowest BCUT2D eigenvalue weighted by atomic mass is 9.59. The van der Waals surface area contributed by atoms with Crippen molar-refractivity contribution in [1.82, 2.24) is 9.55 Å². The van der Waals surface area contributed by atoms with Crippen LogP contribution in [0.4, 0.5) is 0 Å². The molecule has 7 nitrogen and oxygen atoms in total. The van der Waals surface area contributed by atoms with Crippen molar-refractivity contribution in [2.75, 3.05) is 0 Å². The third-order valence-corrected chi connectivity index (χ3v) is 10.1. The highest BCUT2D eigenvalue weighted by Gasteiger charge is 2.29. The highest BCUT2D eigenvalue weighted by atomic mass is 16.4. The number of aromatic nitrogens is 2. The van der Waals surface area contributed by atoms with Gasteiger partial charge in [-0.05, 0) is 56.9 Å². The van der Waals surface area contributed by atoms with Gasteiger partial charge in [0, 0.05) is 17.7 Å². The van der Waals surface area contributed by atoms with Crippen LogP contribution in [0, 0.1) is 0 Å². The van der Waals surface area contributed by atoms with E-state index < -0.39 is 28.7 Å². The smallest absolute Gasteiger partial charge is 0.208 e. The summed E-state index contributed by atoms with van der Waals surface area (Å²) in [6.07, 6.45) is 0.713. The number of aryl methyl sites for hydroxylation is 1. The molecular formula is C35H31B5N2O5. The number of nitrogens with zero attached hydrogens (tertiary/aromatic N) is 2. The van der Waals surface area contributed by atoms with Gasteiger partial charge in [-0.25, -0.2) is 4.98 Å². The fourth-order valence-corrected chi connectivity index (χ4v) is 7.24. The first kappa shape index (κ1) is 30.3. The van der Waals surface area contributed by atoms with Crippen LogP contribution < -0.4 is 27.3 Å². The molecule has 0 radical (unpaired) electrons. The van der Waals surface area contributed by atoms with Crippen LogP contribution in [0.1, 0.15) is 12.7 Å². The van der Waals surface area contributed by atoms with E-state index in [1.165, 1.54) is 16.4 Å². The van der Waals surface area contributed by atoms with Crippen LogP contribution in [0.2, 0.25) is 0 Å². The minimum atomic E-state index is -0.993. The van der Waals surface area contributed by atoms with Crippen LogP contribution in [0.3, 0.4) is 0 Å². The van der Waals surface area contributed by atoms with E-state index >= 15 is 0 Å². The number of para-hydroxylation sites is 2. The van der Waals surface area contributed by atoms with Gasteiger partial charge in [-0.1, -0.05) is 60.3 Å². The molecule has 0 unspecified atom stereocenters. The van der Waals surface area contributed by atoms with Gasteiger partial charge in [0.25, 0.3) is 0 Å². The van der Waals surface area contributed by atoms with Crippen molar-refractivity contribution in [3.63, 3.8) is 0 Å². The maximum Gasteiger partial charge on any atom is 0.208 e. The summed E-state index contributed by atoms with van der Waals surface area (Å²) in [5, 5.41) is 57.0. The van der Waals surface area contributed by atoms with E-state index in [2.05, 4.69) is 62.9 Å². The third-order valence-electron chi connectivity index (χ3n) is 10.1. The number of phenolic OH excluding ortho intramolecular Hbond substituents is 5. The summed E-state index contributed by atoms with van der Waals surface area (Å²) in [7, 11) is 10.7. The normalized spacial score (nSPS) is 11.6. The Balaban J connectivity index is 1.74. The number of aromatic hydroxyl groups is 5. The summed E-state index contributed by atoms with van der Waals surface area (Å²) < 4.78 is 2.16. The highest BCUT2D eigenvalue weighted by Crippen LogP contribution is 2.57. The number of phenols is 5. The largest absolute Gasteiger partial charge is 0.504 e. The van der Waals surface area contributed by atoms with Crippen LogP contribution in [0.15, 0.2) is 66.7 Å². The quantitative estimate of drug-likeness (QED) is 0.0757. The predicted molar refractivity (Wildman–Crippen MR) is 206 cm³/mol. The van der Waals surface area contributed by atoms with E-state index in [9.17, 15) is 25.5 Å². The van der Waals surface area contributed by atoms with Gasteiger partial charge in [-0.15, -0.1) is 16.4 Å². The van der Waals surface area contributed by atoms with E-state index in [4.69, 9.17) is 4.98 Å². The summed E-state index contributed by atoms with van der Waals surface area (Å²) in [6, 6.07) is 21.8. The van der Waals surface area contributed by atoms with E-state index in [1.807, 2.05) is 54.6 Å². The van der Waals surface area contributed by atoms with Crippen LogP contribution in [0.5, 0.6) is 28.7 Å². The Labute approximate surface area is 276 Å². The van der Waals surface area contributed by atoms with Gasteiger partial charge in [0.2, 0.25) is 17.2 Å². The molecule has 0 saturated heterocycles. The molecule has 7 rings (SSSR count). The van der Waals surface area contributed by atoms with Crippen molar-refractivity contribution in [2.24, 2.45) is 0 Å². The van der Waals surface area contributed by atoms with Crippen molar-refractivity contribution in [1.29, 1.82) is 0 Å². The van der Waals surface area contributed by atoms with Gasteiger partial charge in [-0.3, -0.25) is 4.57 Å². The highest BCUT2D eigenvalue weighted by molar-refractivity contribution is 6.69. The minimum Gasteiger partial charge on any atom is -0.504 e. The van der Waals surface area contributed by atoms with Crippen molar-refractivity contribution in [3.05, 3.63) is 72.6 Å². The van der Waals surface area contributed by atoms with Gasteiger partial charge in [0.1, 0.15) is 45.1 Å². The zero-order valence-corrected chi connectivity index (χ0v) is 27.2. The molecule has 7 aromatic rings. The average Bonchev–Trinajstić information content (AvgIpc) is 3.47. The number of fused-ring (bicyclic) bond motifs is 3. The molecule has 0 aliphatic heterocycles. The van der Waals surface area contributed by atoms with E-state index in [1.54, 1.807) is 0 Å². The second kappa shape index (κ2) is 10.9. The fourth-order valence-electron chi connectivity index (χ4n) is 7.24. The molecule has 0 bridgehead atoms. The number of benzene rings is 6. The molecule has 0 amide bonds. The van der Waals surface area contributed by atoms with Crippen LogP contribution in [-0.2, 0) is 6.42 Å². The molecule has 47 heavy (non-hydrogen) atoms. The van der Waals surface area contributed by atoms with E-state index in [0.717, 1.165) is 55.4 Å². The van der Waals surface area contributed by atoms with Gasteiger partial charge < -0.3 is 25.5 Å². The molecule has 1 aromatic heterocycles. The number of rotatable bonds is 4. The molecule has 1 heterocycles. The molecule has 0 aliphatic rings. The molecule has 0 atom stereocenters. The van der Waals surface area contributed by atoms with Crippen molar-refractivity contribution >= 4 is 99.1 Å². The SMILES string of the molecule is Bc1c(B)c(B)c(-c2c3ccccc3c(-c3c(O)c(O)c(O)c(O)c3O)c3ccc(-n4c(CC)nc5ccccc54)cc23)c(B)c1B. The van der Waals surface area contributed by atoms with Crippen LogP contribution in [-0.4, -0.2) is 74.3 Å². The van der Waals surface area contributed by atoms with Gasteiger partial charge in [-0.2, -0.15) is 0 Å². The Kier molecular flexibility index (Phi) is 7.01. The summed E-state index contributed by atoms with van der Waals surface area (Å²) in [5.74, 6) is -3.38. The van der Waals surface area contributed by atoms with Crippen LogP contribution >= 0.6 is 0 Å². The maximum absolute atomic E-state index is 11.2. The number of hydrogen-bond acceptors (Lipinski definition) is 6. The Bertz CT molecular complexity index is 2420. The van der Waals surface area contributed by atoms with Crippen LogP contribution in [0.25, 0.3) is 60.5 Å². The lowest BCUT2D eigenvalue weighted by Crippen LogP contribution is -2.55. The Morgan fingerprint density at radius 1 is 0.532 bits per heavy atom. The van der Waals surface area contributed by atoms with Crippen molar-refractivity contribution in [3.8, 4) is 56.7 Å². The molecule has 6 aromatic carbocycles. The van der Waals surface area contributed by atoms with Gasteiger partial charge in [0.15, 0.2) is 11.5 Å². The van der Waals surface area contributed by atoms with Gasteiger partial charge in [0.05, 0.1) is 16.6 Å². The van der Waals surface area contributed by atoms with Gasteiger partial charge >= 0.3 is 0 Å². The molecule has 5 N–H and O–H groups in total. The monoisotopic (exact) mass is 614 g/mol. The lowest BCUT2D eigenvalue weighted by Gasteiger charge is -2.25. The standard InChI is InChI=1S/C35H31B5N2O5/c1-2-21-41-19-9-5-6-10-20(19)42(21)14-11-12-17-18(13-14)23(24-26(36)28(38)30(40)29(39)27(24)37)16-8-4-3-7-15(16)22(17)25-31(43)33(45)35(47)34(46)32(25)44/h3-13,43-47H,2,36-40H2,1H3. The topological polar surface area (TPSA) is 119 Å². The van der Waals surface area contributed by atoms with Crippen molar-refractivity contribution in [2.45, 2.75) is 13.3 Å². The lowest BCUT2D eigenvalue weighted by molar-refractivity contribution is 0.330. The molecule has 0 spiro atoms. The predicted octanol–water partition coefficient (Wildman–Crippen LogP) is -0.952. The average molecular weight is 614 g/mol. The number of imidazole rings is 1. The second-order valence-corrected chi connectivity index (χ2v) is 12.3. The first-order valence-electron chi connectivity index (χ1n) is 15.7. The summed E-state index contributed by atoms with van der Waals surface area (Å²) in [6.45, 7) is 2.08. The molecule has 0 saturated carbocycles. The summed E-state index contributed by atoms with van der Waals surface area (Å²) in [5.41, 5.74) is 11.1. The summed E-state index contributed by atoms with van der Waals surface area (Å²) in [4.78, 5) is 4.91. The van der Waals surface area contributed by atoms with Crippen molar-refractivity contribution < 1.29 is 25.5 Å². The molecule has 0 fully saturated rings. The molecule has 0 aliphatic carbocycles.